The number of amides is 1. The maximum Gasteiger partial charge on any atom is 0.264 e. The first-order valence-corrected chi connectivity index (χ1v) is 12.5. The van der Waals surface area contributed by atoms with E-state index in [9.17, 15) is 13.2 Å². The van der Waals surface area contributed by atoms with Gasteiger partial charge < -0.3 is 4.90 Å². The molecule has 1 heterocycles. The topological polar surface area (TPSA) is 57.7 Å². The summed E-state index contributed by atoms with van der Waals surface area (Å²) in [6.07, 6.45) is 4.01. The number of rotatable bonds is 6. The minimum Gasteiger partial charge on any atom is -0.341 e. The lowest BCUT2D eigenvalue weighted by molar-refractivity contribution is -0.131. The lowest BCUT2D eigenvalue weighted by Gasteiger charge is -2.33. The molecule has 2 aromatic carbocycles. The van der Waals surface area contributed by atoms with E-state index < -0.39 is 10.0 Å². The number of carbonyl (C=O) groups excluding carboxylic acids is 1. The summed E-state index contributed by atoms with van der Waals surface area (Å²) >= 11 is 1.55. The molecule has 0 N–H and O–H groups in total. The average molecular weight is 433 g/mol. The van der Waals surface area contributed by atoms with Gasteiger partial charge in [0, 0.05) is 18.0 Å². The molecule has 3 rings (SSSR count). The van der Waals surface area contributed by atoms with Crippen LogP contribution < -0.4 is 4.31 Å². The number of sulfonamides is 1. The number of thioether (sulfide) groups is 1. The Hall–Kier alpha value is -1.99. The van der Waals surface area contributed by atoms with E-state index >= 15 is 0 Å². The molecular weight excluding hydrogens is 404 g/mol. The van der Waals surface area contributed by atoms with Crippen LogP contribution in [0.2, 0.25) is 0 Å². The third kappa shape index (κ3) is 5.14. The van der Waals surface area contributed by atoms with Crippen LogP contribution in [0.3, 0.4) is 0 Å². The Morgan fingerprint density at radius 2 is 1.79 bits per heavy atom. The van der Waals surface area contributed by atoms with Gasteiger partial charge in [-0.1, -0.05) is 24.6 Å². The zero-order valence-corrected chi connectivity index (χ0v) is 18.8. The highest BCUT2D eigenvalue weighted by molar-refractivity contribution is 7.98. The van der Waals surface area contributed by atoms with Crippen molar-refractivity contribution in [2.75, 3.05) is 30.2 Å². The SMILES string of the molecule is CSc1ccc(S(=O)(=O)N(CC(=O)N2CCC[C@H](C)C2)c2ccc(C)cc2)cc1. The van der Waals surface area contributed by atoms with Crippen molar-refractivity contribution in [1.82, 2.24) is 4.90 Å². The van der Waals surface area contributed by atoms with Gasteiger partial charge in [0.05, 0.1) is 10.6 Å². The van der Waals surface area contributed by atoms with Crippen LogP contribution in [0.15, 0.2) is 58.3 Å². The average Bonchev–Trinajstić information content (AvgIpc) is 2.72. The third-order valence-corrected chi connectivity index (χ3v) is 7.79. The molecule has 2 aromatic rings. The molecule has 1 aliphatic rings. The van der Waals surface area contributed by atoms with Gasteiger partial charge in [-0.3, -0.25) is 9.10 Å². The fourth-order valence-electron chi connectivity index (χ4n) is 3.54. The van der Waals surface area contributed by atoms with Gasteiger partial charge in [0.1, 0.15) is 6.54 Å². The van der Waals surface area contributed by atoms with Crippen LogP contribution in [0.25, 0.3) is 0 Å². The number of hydrogen-bond donors (Lipinski definition) is 0. The number of likely N-dealkylation sites (tertiary alicyclic amines) is 1. The second kappa shape index (κ2) is 9.22. The van der Waals surface area contributed by atoms with Crippen molar-refractivity contribution in [2.24, 2.45) is 5.92 Å². The van der Waals surface area contributed by atoms with Crippen molar-refractivity contribution in [2.45, 2.75) is 36.5 Å². The van der Waals surface area contributed by atoms with Gasteiger partial charge >= 0.3 is 0 Å². The summed E-state index contributed by atoms with van der Waals surface area (Å²) in [4.78, 5) is 16.0. The fourth-order valence-corrected chi connectivity index (χ4v) is 5.36. The van der Waals surface area contributed by atoms with Crippen LogP contribution in [-0.4, -0.2) is 45.1 Å². The van der Waals surface area contributed by atoms with E-state index in [2.05, 4.69) is 6.92 Å². The maximum atomic E-state index is 13.4. The molecule has 29 heavy (non-hydrogen) atoms. The summed E-state index contributed by atoms with van der Waals surface area (Å²) in [5.74, 6) is 0.289. The van der Waals surface area contributed by atoms with Crippen LogP contribution >= 0.6 is 11.8 Å². The molecule has 1 amide bonds. The second-order valence-electron chi connectivity index (χ2n) is 7.61. The Kier molecular flexibility index (Phi) is 6.90. The molecule has 0 spiro atoms. The van der Waals surface area contributed by atoms with Crippen molar-refractivity contribution in [3.63, 3.8) is 0 Å². The normalized spacial score (nSPS) is 17.2. The minimum atomic E-state index is -3.86. The van der Waals surface area contributed by atoms with Crippen molar-refractivity contribution in [3.05, 3.63) is 54.1 Å². The summed E-state index contributed by atoms with van der Waals surface area (Å²) in [5, 5.41) is 0. The van der Waals surface area contributed by atoms with Gasteiger partial charge in [0.15, 0.2) is 0 Å². The quantitative estimate of drug-likeness (QED) is 0.643. The van der Waals surface area contributed by atoms with E-state index in [0.717, 1.165) is 23.3 Å². The number of hydrogen-bond acceptors (Lipinski definition) is 4. The Morgan fingerprint density at radius 1 is 1.14 bits per heavy atom. The Balaban J connectivity index is 1.93. The minimum absolute atomic E-state index is 0.151. The van der Waals surface area contributed by atoms with Crippen molar-refractivity contribution in [1.29, 1.82) is 0 Å². The Morgan fingerprint density at radius 3 is 2.38 bits per heavy atom. The molecule has 0 unspecified atom stereocenters. The highest BCUT2D eigenvalue weighted by atomic mass is 32.2. The maximum absolute atomic E-state index is 13.4. The summed E-state index contributed by atoms with van der Waals surface area (Å²) in [7, 11) is -3.86. The highest BCUT2D eigenvalue weighted by Gasteiger charge is 2.30. The molecule has 0 radical (unpaired) electrons. The van der Waals surface area contributed by atoms with E-state index in [4.69, 9.17) is 0 Å². The van der Waals surface area contributed by atoms with Gasteiger partial charge in [-0.05, 0) is 68.3 Å². The molecule has 1 aliphatic heterocycles. The first kappa shape index (κ1) is 21.7. The third-order valence-electron chi connectivity index (χ3n) is 5.26. The number of anilines is 1. The van der Waals surface area contributed by atoms with Gasteiger partial charge in [0.25, 0.3) is 10.0 Å². The standard InChI is InChI=1S/C22H28N2O3S2/c1-17-6-8-19(9-7-17)24(16-22(25)23-14-4-5-18(2)15-23)29(26,27)21-12-10-20(28-3)11-13-21/h6-13,18H,4-5,14-16H2,1-3H3/t18-/m0/s1. The number of nitrogens with zero attached hydrogens (tertiary/aromatic N) is 2. The number of piperidine rings is 1. The van der Waals surface area contributed by atoms with Crippen molar-refractivity contribution < 1.29 is 13.2 Å². The summed E-state index contributed by atoms with van der Waals surface area (Å²) in [5.41, 5.74) is 1.54. The molecule has 5 nitrogen and oxygen atoms in total. The molecule has 156 valence electrons. The Bertz CT molecular complexity index is 941. The lowest BCUT2D eigenvalue weighted by Crippen LogP contribution is -2.46. The molecule has 0 saturated carbocycles. The highest BCUT2D eigenvalue weighted by Crippen LogP contribution is 2.26. The van der Waals surface area contributed by atoms with Crippen LogP contribution in [0.1, 0.15) is 25.3 Å². The van der Waals surface area contributed by atoms with E-state index in [-0.39, 0.29) is 17.3 Å². The zero-order valence-electron chi connectivity index (χ0n) is 17.2. The largest absolute Gasteiger partial charge is 0.341 e. The summed E-state index contributed by atoms with van der Waals surface area (Å²) in [6, 6.07) is 14.0. The molecular formula is C22H28N2O3S2. The number of carbonyl (C=O) groups is 1. The molecule has 0 bridgehead atoms. The van der Waals surface area contributed by atoms with E-state index in [1.807, 2.05) is 25.3 Å². The van der Waals surface area contributed by atoms with Gasteiger partial charge in [-0.25, -0.2) is 8.42 Å². The van der Waals surface area contributed by atoms with Gasteiger partial charge in [0.2, 0.25) is 5.91 Å². The number of benzene rings is 2. The predicted octanol–water partition coefficient (Wildman–Crippen LogP) is 4.17. The first-order chi connectivity index (χ1) is 13.8. The van der Waals surface area contributed by atoms with Crippen molar-refractivity contribution in [3.8, 4) is 0 Å². The van der Waals surface area contributed by atoms with E-state index in [0.29, 0.717) is 24.7 Å². The predicted molar refractivity (Wildman–Crippen MR) is 119 cm³/mol. The van der Waals surface area contributed by atoms with Crippen LogP contribution in [0.5, 0.6) is 0 Å². The monoisotopic (exact) mass is 432 g/mol. The molecule has 7 heteroatoms. The summed E-state index contributed by atoms with van der Waals surface area (Å²) < 4.78 is 28.1. The van der Waals surface area contributed by atoms with Crippen molar-refractivity contribution >= 4 is 33.4 Å². The first-order valence-electron chi connectivity index (χ1n) is 9.82. The lowest BCUT2D eigenvalue weighted by atomic mass is 10.0. The molecule has 1 atom stereocenters. The van der Waals surface area contributed by atoms with Crippen LogP contribution in [0, 0.1) is 12.8 Å². The van der Waals surface area contributed by atoms with Crippen LogP contribution in [-0.2, 0) is 14.8 Å². The van der Waals surface area contributed by atoms with Gasteiger partial charge in [-0.2, -0.15) is 0 Å². The fraction of sp³-hybridized carbons (Fsp3) is 0.409. The summed E-state index contributed by atoms with van der Waals surface area (Å²) in [6.45, 7) is 5.25. The van der Waals surface area contributed by atoms with E-state index in [1.54, 1.807) is 53.1 Å². The van der Waals surface area contributed by atoms with E-state index in [1.165, 1.54) is 4.31 Å². The van der Waals surface area contributed by atoms with Gasteiger partial charge in [-0.15, -0.1) is 11.8 Å². The smallest absolute Gasteiger partial charge is 0.264 e. The van der Waals surface area contributed by atoms with Crippen LogP contribution in [0.4, 0.5) is 5.69 Å². The number of aryl methyl sites for hydroxylation is 1. The molecule has 1 fully saturated rings. The molecule has 1 saturated heterocycles. The molecule has 0 aromatic heterocycles. The zero-order chi connectivity index (χ0) is 21.0. The second-order valence-corrected chi connectivity index (χ2v) is 10.4. The Labute approximate surface area is 178 Å². The molecule has 0 aliphatic carbocycles.